The van der Waals surface area contributed by atoms with Gasteiger partial charge in [-0.3, -0.25) is 0 Å². The minimum atomic E-state index is -0.539. The molecule has 1 aromatic heterocycles. The van der Waals surface area contributed by atoms with E-state index in [-0.39, 0.29) is 0 Å². The zero-order valence-corrected chi connectivity index (χ0v) is 17.4. The molecule has 4 rings (SSSR count). The minimum Gasteiger partial charge on any atom is -0.337 e. The van der Waals surface area contributed by atoms with Gasteiger partial charge in [-0.25, -0.2) is 4.79 Å². The Morgan fingerprint density at radius 3 is 2.66 bits per heavy atom. The van der Waals surface area contributed by atoms with Gasteiger partial charge < -0.3 is 15.2 Å². The Morgan fingerprint density at radius 2 is 1.88 bits per heavy atom. The quantitative estimate of drug-likeness (QED) is 0.453. The zero-order chi connectivity index (χ0) is 22.3. The van der Waals surface area contributed by atoms with Crippen molar-refractivity contribution in [3.8, 4) is 17.5 Å². The number of carbonyl (C=O) groups excluding carboxylic acids is 1. The fourth-order valence-electron chi connectivity index (χ4n) is 3.32. The van der Waals surface area contributed by atoms with E-state index in [9.17, 15) is 4.79 Å². The van der Waals surface area contributed by atoms with Crippen LogP contribution in [0.15, 0.2) is 83.4 Å². The van der Waals surface area contributed by atoms with Gasteiger partial charge in [0.25, 0.3) is 0 Å². The van der Waals surface area contributed by atoms with E-state index >= 15 is 0 Å². The van der Waals surface area contributed by atoms with E-state index in [4.69, 9.17) is 9.78 Å². The molecule has 32 heavy (non-hydrogen) atoms. The highest BCUT2D eigenvalue weighted by Gasteiger charge is 2.22. The highest BCUT2D eigenvalue weighted by Crippen LogP contribution is 2.22. The van der Waals surface area contributed by atoms with Crippen LogP contribution in [0.4, 0.5) is 10.5 Å². The first-order valence-corrected chi connectivity index (χ1v) is 10.1. The molecule has 7 nitrogen and oxygen atoms in total. The van der Waals surface area contributed by atoms with Crippen LogP contribution in [-0.2, 0) is 6.42 Å². The van der Waals surface area contributed by atoms with Crippen LogP contribution >= 0.6 is 0 Å². The van der Waals surface area contributed by atoms with Crippen LogP contribution < -0.4 is 10.6 Å². The van der Waals surface area contributed by atoms with Crippen LogP contribution in [0.2, 0.25) is 0 Å². The molecule has 7 heteroatoms. The van der Waals surface area contributed by atoms with E-state index in [0.717, 1.165) is 16.7 Å². The molecule has 4 aromatic rings. The first kappa shape index (κ1) is 20.8. The fraction of sp³-hybridized carbons (Fsp3) is 0.120. The predicted octanol–water partition coefficient (Wildman–Crippen LogP) is 5.02. The fourth-order valence-corrected chi connectivity index (χ4v) is 3.32. The summed E-state index contributed by atoms with van der Waals surface area (Å²) in [5, 5.41) is 18.8. The Bertz CT molecular complexity index is 1260. The number of anilines is 1. The number of hydrogen-bond donors (Lipinski definition) is 2. The molecule has 0 saturated heterocycles. The average molecular weight is 423 g/mol. The van der Waals surface area contributed by atoms with Gasteiger partial charge in [-0.05, 0) is 36.8 Å². The van der Waals surface area contributed by atoms with Crippen molar-refractivity contribution >= 4 is 11.7 Å². The van der Waals surface area contributed by atoms with Crippen molar-refractivity contribution in [1.29, 1.82) is 5.26 Å². The Kier molecular flexibility index (Phi) is 6.23. The van der Waals surface area contributed by atoms with Gasteiger partial charge in [0, 0.05) is 17.7 Å². The van der Waals surface area contributed by atoms with Crippen LogP contribution in [0, 0.1) is 18.3 Å². The number of amides is 2. The molecule has 158 valence electrons. The number of benzene rings is 3. The van der Waals surface area contributed by atoms with Crippen molar-refractivity contribution in [1.82, 2.24) is 15.5 Å². The van der Waals surface area contributed by atoms with Gasteiger partial charge in [-0.2, -0.15) is 10.2 Å². The summed E-state index contributed by atoms with van der Waals surface area (Å²) in [5.41, 5.74) is 3.93. The van der Waals surface area contributed by atoms with Crippen LogP contribution in [0.3, 0.4) is 0 Å². The van der Waals surface area contributed by atoms with Crippen LogP contribution in [0.5, 0.6) is 0 Å². The summed E-state index contributed by atoms with van der Waals surface area (Å²) >= 11 is 0. The highest BCUT2D eigenvalue weighted by atomic mass is 16.5. The number of nitrogens with one attached hydrogen (secondary N) is 2. The maximum absolute atomic E-state index is 12.7. The second-order valence-electron chi connectivity index (χ2n) is 7.36. The molecule has 1 atom stereocenters. The predicted molar refractivity (Wildman–Crippen MR) is 121 cm³/mol. The van der Waals surface area contributed by atoms with Gasteiger partial charge in [-0.1, -0.05) is 65.3 Å². The van der Waals surface area contributed by atoms with Crippen molar-refractivity contribution in [2.24, 2.45) is 0 Å². The third-order valence-electron chi connectivity index (χ3n) is 4.85. The lowest BCUT2D eigenvalue weighted by molar-refractivity contribution is 0.243. The number of carbonyl (C=O) groups is 1. The van der Waals surface area contributed by atoms with Crippen LogP contribution in [-0.4, -0.2) is 16.2 Å². The summed E-state index contributed by atoms with van der Waals surface area (Å²) in [4.78, 5) is 17.3. The van der Waals surface area contributed by atoms with Gasteiger partial charge in [-0.15, -0.1) is 0 Å². The summed E-state index contributed by atoms with van der Waals surface area (Å²) < 4.78 is 5.53. The summed E-state index contributed by atoms with van der Waals surface area (Å²) in [6.07, 6.45) is 0.474. The molecule has 0 bridgehead atoms. The smallest absolute Gasteiger partial charge is 0.319 e. The summed E-state index contributed by atoms with van der Waals surface area (Å²) in [7, 11) is 0. The topological polar surface area (TPSA) is 104 Å². The molecular formula is C25H21N5O2. The standard InChI is InChI=1S/C25H21N5O2/c1-17-7-5-11-20(13-17)23-29-24(32-30-23)22(15-18-8-3-2-4-9-18)28-25(31)27-21-12-6-10-19(14-21)16-26/h2-14,22H,15H2,1H3,(H2,27,28,31). The number of nitriles is 1. The molecule has 2 N–H and O–H groups in total. The maximum atomic E-state index is 12.7. The average Bonchev–Trinajstić information content (AvgIpc) is 3.30. The summed E-state index contributed by atoms with van der Waals surface area (Å²) in [6, 6.07) is 25.4. The van der Waals surface area contributed by atoms with Crippen LogP contribution in [0.25, 0.3) is 11.4 Å². The molecule has 0 aliphatic heterocycles. The number of hydrogen-bond acceptors (Lipinski definition) is 5. The van der Waals surface area contributed by atoms with Crippen molar-refractivity contribution in [2.45, 2.75) is 19.4 Å². The molecule has 1 heterocycles. The van der Waals surface area contributed by atoms with E-state index in [1.807, 2.05) is 61.5 Å². The van der Waals surface area contributed by atoms with E-state index in [1.54, 1.807) is 24.3 Å². The first-order valence-electron chi connectivity index (χ1n) is 10.1. The zero-order valence-electron chi connectivity index (χ0n) is 17.4. The Labute approximate surface area is 185 Å². The Hall–Kier alpha value is -4.44. The van der Waals surface area contributed by atoms with E-state index in [1.165, 1.54) is 0 Å². The lowest BCUT2D eigenvalue weighted by atomic mass is 10.1. The molecule has 0 spiro atoms. The third kappa shape index (κ3) is 5.18. The number of aryl methyl sites for hydroxylation is 1. The van der Waals surface area contributed by atoms with Crippen molar-refractivity contribution in [2.75, 3.05) is 5.32 Å². The maximum Gasteiger partial charge on any atom is 0.319 e. The van der Waals surface area contributed by atoms with E-state index in [2.05, 4.69) is 26.8 Å². The SMILES string of the molecule is Cc1cccc(-c2noc(C(Cc3ccccc3)NC(=O)Nc3cccc(C#N)c3)n2)c1. The van der Waals surface area contributed by atoms with Crippen molar-refractivity contribution in [3.05, 3.63) is 101 Å². The Balaban J connectivity index is 1.56. The molecule has 0 aliphatic rings. The molecular weight excluding hydrogens is 402 g/mol. The van der Waals surface area contributed by atoms with E-state index in [0.29, 0.717) is 29.4 Å². The lowest BCUT2D eigenvalue weighted by Gasteiger charge is -2.16. The van der Waals surface area contributed by atoms with Crippen molar-refractivity contribution < 1.29 is 9.32 Å². The first-order chi connectivity index (χ1) is 15.6. The normalized spacial score (nSPS) is 11.4. The molecule has 0 radical (unpaired) electrons. The Morgan fingerprint density at radius 1 is 1.06 bits per heavy atom. The second kappa shape index (κ2) is 9.58. The highest BCUT2D eigenvalue weighted by molar-refractivity contribution is 5.89. The van der Waals surface area contributed by atoms with Gasteiger partial charge in [0.05, 0.1) is 11.6 Å². The van der Waals surface area contributed by atoms with E-state index < -0.39 is 12.1 Å². The molecule has 0 saturated carbocycles. The minimum absolute atomic E-state index is 0.311. The monoisotopic (exact) mass is 423 g/mol. The molecule has 3 aromatic carbocycles. The third-order valence-corrected chi connectivity index (χ3v) is 4.85. The summed E-state index contributed by atoms with van der Waals surface area (Å²) in [5.74, 6) is 0.775. The number of aromatic nitrogens is 2. The number of rotatable bonds is 6. The largest absolute Gasteiger partial charge is 0.337 e. The van der Waals surface area contributed by atoms with Gasteiger partial charge in [0.1, 0.15) is 6.04 Å². The number of nitrogens with zero attached hydrogens (tertiary/aromatic N) is 3. The molecule has 0 aliphatic carbocycles. The van der Waals surface area contributed by atoms with Gasteiger partial charge >= 0.3 is 6.03 Å². The van der Waals surface area contributed by atoms with Gasteiger partial charge in [0.15, 0.2) is 0 Å². The summed E-state index contributed by atoms with van der Waals surface area (Å²) in [6.45, 7) is 2.00. The molecule has 2 amide bonds. The molecule has 1 unspecified atom stereocenters. The van der Waals surface area contributed by atoms with Crippen LogP contribution in [0.1, 0.15) is 28.6 Å². The number of urea groups is 1. The lowest BCUT2D eigenvalue weighted by Crippen LogP contribution is -2.34. The van der Waals surface area contributed by atoms with Gasteiger partial charge in [0.2, 0.25) is 11.7 Å². The second-order valence-corrected chi connectivity index (χ2v) is 7.36. The molecule has 0 fully saturated rings. The van der Waals surface area contributed by atoms with Crippen molar-refractivity contribution in [3.63, 3.8) is 0 Å².